The molecule has 0 spiro atoms. The number of nitrogens with one attached hydrogen (secondary N) is 1. The lowest BCUT2D eigenvalue weighted by molar-refractivity contribution is 0.196. The van der Waals surface area contributed by atoms with Crippen LogP contribution in [0.25, 0.3) is 5.95 Å². The highest BCUT2D eigenvalue weighted by molar-refractivity contribution is 7.99. The Morgan fingerprint density at radius 1 is 1.33 bits per heavy atom. The predicted octanol–water partition coefficient (Wildman–Crippen LogP) is 1.74. The summed E-state index contributed by atoms with van der Waals surface area (Å²) in [5, 5.41) is 13.4. The number of aliphatic hydroxyl groups is 1. The van der Waals surface area contributed by atoms with Crippen LogP contribution >= 0.6 is 11.8 Å². The third-order valence-electron chi connectivity index (χ3n) is 2.84. The molecule has 0 bridgehead atoms. The molecule has 0 aliphatic rings. The van der Waals surface area contributed by atoms with E-state index < -0.39 is 6.10 Å². The SMILES string of the molecule is CCCNc1nc(SC(C)C(C)O)nc(-n2ccnc2)n1. The largest absolute Gasteiger partial charge is 0.392 e. The third-order valence-corrected chi connectivity index (χ3v) is 4.00. The first-order valence-electron chi connectivity index (χ1n) is 6.93. The molecule has 7 nitrogen and oxygen atoms in total. The molecule has 2 aromatic rings. The van der Waals surface area contributed by atoms with E-state index in [1.807, 2.05) is 6.92 Å². The van der Waals surface area contributed by atoms with E-state index in [2.05, 4.69) is 32.2 Å². The smallest absolute Gasteiger partial charge is 0.240 e. The molecule has 0 saturated carbocycles. The van der Waals surface area contributed by atoms with Crippen molar-refractivity contribution in [1.82, 2.24) is 24.5 Å². The van der Waals surface area contributed by atoms with Gasteiger partial charge in [0.2, 0.25) is 11.9 Å². The van der Waals surface area contributed by atoms with E-state index in [0.29, 0.717) is 17.1 Å². The quantitative estimate of drug-likeness (QED) is 0.753. The maximum Gasteiger partial charge on any atom is 0.240 e. The number of nitrogens with zero attached hydrogens (tertiary/aromatic N) is 5. The molecule has 0 aliphatic heterocycles. The van der Waals surface area contributed by atoms with Gasteiger partial charge in [0.25, 0.3) is 0 Å². The van der Waals surface area contributed by atoms with E-state index in [4.69, 9.17) is 0 Å². The molecule has 2 aromatic heterocycles. The Balaban J connectivity index is 2.28. The summed E-state index contributed by atoms with van der Waals surface area (Å²) in [7, 11) is 0. The maximum absolute atomic E-state index is 9.62. The van der Waals surface area contributed by atoms with Crippen molar-refractivity contribution in [2.75, 3.05) is 11.9 Å². The van der Waals surface area contributed by atoms with Crippen molar-refractivity contribution >= 4 is 17.7 Å². The average molecular weight is 308 g/mol. The molecule has 0 radical (unpaired) electrons. The van der Waals surface area contributed by atoms with Crippen molar-refractivity contribution in [1.29, 1.82) is 0 Å². The molecular weight excluding hydrogens is 288 g/mol. The van der Waals surface area contributed by atoms with Gasteiger partial charge in [-0.1, -0.05) is 25.6 Å². The van der Waals surface area contributed by atoms with Gasteiger partial charge in [0.05, 0.1) is 6.10 Å². The summed E-state index contributed by atoms with van der Waals surface area (Å²) in [6.07, 6.45) is 5.65. The standard InChI is InChI=1S/C13H20N6OS/c1-4-5-15-11-16-12(19-7-6-14-8-19)18-13(17-11)21-10(3)9(2)20/h6-10,20H,4-5H2,1-3H3,(H,15,16,17,18). The molecule has 2 atom stereocenters. The fourth-order valence-corrected chi connectivity index (χ4v) is 2.28. The molecule has 21 heavy (non-hydrogen) atoms. The van der Waals surface area contributed by atoms with E-state index in [1.54, 1.807) is 30.2 Å². The van der Waals surface area contributed by atoms with Crippen molar-refractivity contribution in [3.8, 4) is 5.95 Å². The molecule has 0 amide bonds. The van der Waals surface area contributed by atoms with Crippen LogP contribution < -0.4 is 5.32 Å². The molecule has 2 heterocycles. The minimum atomic E-state index is -0.435. The van der Waals surface area contributed by atoms with Crippen LogP contribution in [0.4, 0.5) is 5.95 Å². The van der Waals surface area contributed by atoms with Crippen molar-refractivity contribution < 1.29 is 5.11 Å². The van der Waals surface area contributed by atoms with Crippen molar-refractivity contribution in [2.24, 2.45) is 0 Å². The molecule has 114 valence electrons. The van der Waals surface area contributed by atoms with E-state index in [-0.39, 0.29) is 5.25 Å². The van der Waals surface area contributed by atoms with Crippen LogP contribution in [0, 0.1) is 0 Å². The summed E-state index contributed by atoms with van der Waals surface area (Å²) in [5.74, 6) is 1.05. The fraction of sp³-hybridized carbons (Fsp3) is 0.538. The minimum Gasteiger partial charge on any atom is -0.392 e. The Labute approximate surface area is 128 Å². The molecule has 2 N–H and O–H groups in total. The van der Waals surface area contributed by atoms with Crippen LogP contribution in [0.2, 0.25) is 0 Å². The van der Waals surface area contributed by atoms with E-state index in [0.717, 1.165) is 13.0 Å². The second-order valence-electron chi connectivity index (χ2n) is 4.70. The summed E-state index contributed by atoms with van der Waals surface area (Å²) in [6.45, 7) is 6.57. The first-order chi connectivity index (χ1) is 10.1. The van der Waals surface area contributed by atoms with Gasteiger partial charge in [0, 0.05) is 24.2 Å². The Kier molecular flexibility index (Phi) is 5.51. The molecule has 0 fully saturated rings. The van der Waals surface area contributed by atoms with Gasteiger partial charge in [-0.05, 0) is 13.3 Å². The van der Waals surface area contributed by atoms with Gasteiger partial charge in [0.15, 0.2) is 5.16 Å². The second kappa shape index (κ2) is 7.37. The number of aromatic nitrogens is 5. The topological polar surface area (TPSA) is 88.8 Å². The van der Waals surface area contributed by atoms with E-state index in [1.165, 1.54) is 11.8 Å². The lowest BCUT2D eigenvalue weighted by Gasteiger charge is -2.14. The van der Waals surface area contributed by atoms with Crippen molar-refractivity contribution in [2.45, 2.75) is 43.7 Å². The molecule has 0 aliphatic carbocycles. The van der Waals surface area contributed by atoms with Gasteiger partial charge >= 0.3 is 0 Å². The first-order valence-corrected chi connectivity index (χ1v) is 7.81. The zero-order valence-corrected chi connectivity index (χ0v) is 13.2. The fourth-order valence-electron chi connectivity index (χ4n) is 1.47. The number of hydrogen-bond donors (Lipinski definition) is 2. The van der Waals surface area contributed by atoms with Crippen LogP contribution in [0.3, 0.4) is 0 Å². The second-order valence-corrected chi connectivity index (χ2v) is 6.05. The number of imidazole rings is 1. The highest BCUT2D eigenvalue weighted by Gasteiger charge is 2.15. The van der Waals surface area contributed by atoms with Crippen LogP contribution in [0.15, 0.2) is 23.9 Å². The summed E-state index contributed by atoms with van der Waals surface area (Å²) in [4.78, 5) is 17.2. The molecule has 8 heteroatoms. The van der Waals surface area contributed by atoms with Gasteiger partial charge < -0.3 is 10.4 Å². The normalized spacial score (nSPS) is 13.9. The number of anilines is 1. The summed E-state index contributed by atoms with van der Waals surface area (Å²) in [6, 6.07) is 0. The molecule has 0 saturated heterocycles. The maximum atomic E-state index is 9.62. The molecular formula is C13H20N6OS. The van der Waals surface area contributed by atoms with Gasteiger partial charge in [-0.25, -0.2) is 4.98 Å². The van der Waals surface area contributed by atoms with Gasteiger partial charge in [-0.15, -0.1) is 0 Å². The molecule has 0 aromatic carbocycles. The number of aliphatic hydroxyl groups excluding tert-OH is 1. The predicted molar refractivity (Wildman–Crippen MR) is 82.7 cm³/mol. The van der Waals surface area contributed by atoms with Crippen LogP contribution in [0.1, 0.15) is 27.2 Å². The van der Waals surface area contributed by atoms with E-state index in [9.17, 15) is 5.11 Å². The lowest BCUT2D eigenvalue weighted by Crippen LogP contribution is -2.16. The average Bonchev–Trinajstić information content (AvgIpc) is 2.99. The minimum absolute atomic E-state index is 0.00191. The van der Waals surface area contributed by atoms with Gasteiger partial charge in [0.1, 0.15) is 6.33 Å². The van der Waals surface area contributed by atoms with Crippen LogP contribution in [-0.4, -0.2) is 47.5 Å². The highest BCUT2D eigenvalue weighted by atomic mass is 32.2. The Morgan fingerprint density at radius 3 is 2.76 bits per heavy atom. The zero-order chi connectivity index (χ0) is 15.2. The summed E-state index contributed by atoms with van der Waals surface area (Å²) >= 11 is 1.42. The Morgan fingerprint density at radius 2 is 2.14 bits per heavy atom. The lowest BCUT2D eigenvalue weighted by atomic mass is 10.3. The van der Waals surface area contributed by atoms with Crippen molar-refractivity contribution in [3.63, 3.8) is 0 Å². The zero-order valence-electron chi connectivity index (χ0n) is 12.4. The number of thioether (sulfide) groups is 1. The summed E-state index contributed by atoms with van der Waals surface area (Å²) < 4.78 is 1.73. The molecule has 2 rings (SSSR count). The monoisotopic (exact) mass is 308 g/mol. The molecule has 2 unspecified atom stereocenters. The van der Waals surface area contributed by atoms with Gasteiger partial charge in [-0.3, -0.25) is 4.57 Å². The number of hydrogen-bond acceptors (Lipinski definition) is 7. The van der Waals surface area contributed by atoms with Crippen LogP contribution in [-0.2, 0) is 0 Å². The van der Waals surface area contributed by atoms with Crippen LogP contribution in [0.5, 0.6) is 0 Å². The summed E-state index contributed by atoms with van der Waals surface area (Å²) in [5.41, 5.74) is 0. The number of rotatable bonds is 7. The van der Waals surface area contributed by atoms with E-state index >= 15 is 0 Å². The third kappa shape index (κ3) is 4.40. The highest BCUT2D eigenvalue weighted by Crippen LogP contribution is 2.23. The van der Waals surface area contributed by atoms with Crippen molar-refractivity contribution in [3.05, 3.63) is 18.7 Å². The Bertz CT molecular complexity index is 560. The van der Waals surface area contributed by atoms with Gasteiger partial charge in [-0.2, -0.15) is 15.0 Å². The first kappa shape index (κ1) is 15.7. The Hall–Kier alpha value is -1.67.